The molecule has 0 N–H and O–H groups in total. The lowest BCUT2D eigenvalue weighted by atomic mass is 10.0. The van der Waals surface area contributed by atoms with Crippen LogP contribution in [-0.4, -0.2) is 46.6 Å². The van der Waals surface area contributed by atoms with Crippen molar-refractivity contribution in [2.45, 2.75) is 6.92 Å². The summed E-state index contributed by atoms with van der Waals surface area (Å²) in [5.74, 6) is 0.891. The Morgan fingerprint density at radius 3 is 2.20 bits per heavy atom. The fourth-order valence-electron chi connectivity index (χ4n) is 3.70. The molecular weight excluding hydrogens is 374 g/mol. The summed E-state index contributed by atoms with van der Waals surface area (Å²) >= 11 is 0. The minimum absolute atomic E-state index is 0.709. The Bertz CT molecular complexity index is 1140. The van der Waals surface area contributed by atoms with Crippen molar-refractivity contribution in [3.63, 3.8) is 0 Å². The first-order chi connectivity index (χ1) is 14.8. The molecule has 5 rings (SSSR count). The molecule has 0 atom stereocenters. The third-order valence-corrected chi connectivity index (χ3v) is 5.18. The summed E-state index contributed by atoms with van der Waals surface area (Å²) in [7, 11) is 0. The number of morpholine rings is 1. The quantitative estimate of drug-likeness (QED) is 0.488. The van der Waals surface area contributed by atoms with Crippen molar-refractivity contribution in [2.24, 2.45) is 4.99 Å². The minimum Gasteiger partial charge on any atom is -0.378 e. The van der Waals surface area contributed by atoms with Crippen molar-refractivity contribution in [3.8, 4) is 0 Å². The number of aromatic nitrogens is 3. The molecule has 30 heavy (non-hydrogen) atoms. The maximum absolute atomic E-state index is 5.51. The van der Waals surface area contributed by atoms with Crippen molar-refractivity contribution in [1.82, 2.24) is 14.6 Å². The number of nitrogens with zero attached hydrogens (tertiary/aromatic N) is 5. The van der Waals surface area contributed by atoms with Gasteiger partial charge in [0.1, 0.15) is 5.69 Å². The number of aryl methyl sites for hydroxylation is 1. The highest BCUT2D eigenvalue weighted by Crippen LogP contribution is 2.27. The van der Waals surface area contributed by atoms with Gasteiger partial charge in [0.25, 0.3) is 0 Å². The lowest BCUT2D eigenvalue weighted by Crippen LogP contribution is -2.37. The smallest absolute Gasteiger partial charge is 0.179 e. The van der Waals surface area contributed by atoms with Gasteiger partial charge in [-0.05, 0) is 6.92 Å². The molecule has 0 spiro atoms. The Kier molecular flexibility index (Phi) is 4.99. The van der Waals surface area contributed by atoms with Crippen LogP contribution >= 0.6 is 0 Å². The van der Waals surface area contributed by atoms with Crippen LogP contribution in [0.15, 0.2) is 77.9 Å². The molecule has 4 aromatic rings. The second-order valence-electron chi connectivity index (χ2n) is 7.33. The van der Waals surface area contributed by atoms with E-state index in [9.17, 15) is 0 Å². The zero-order valence-corrected chi connectivity index (χ0v) is 16.9. The van der Waals surface area contributed by atoms with Crippen LogP contribution in [0.5, 0.6) is 0 Å². The lowest BCUT2D eigenvalue weighted by molar-refractivity contribution is 0.122. The summed E-state index contributed by atoms with van der Waals surface area (Å²) < 4.78 is 7.35. The van der Waals surface area contributed by atoms with Gasteiger partial charge in [-0.1, -0.05) is 60.7 Å². The van der Waals surface area contributed by atoms with Crippen LogP contribution in [0.3, 0.4) is 0 Å². The number of fused-ring (bicyclic) bond motifs is 1. The van der Waals surface area contributed by atoms with Gasteiger partial charge in [-0.3, -0.25) is 0 Å². The van der Waals surface area contributed by atoms with E-state index in [1.165, 1.54) is 0 Å². The molecule has 1 aliphatic heterocycles. The number of hydrogen-bond acceptors (Lipinski definition) is 5. The lowest BCUT2D eigenvalue weighted by Gasteiger charge is -2.27. The van der Waals surface area contributed by atoms with Crippen molar-refractivity contribution < 1.29 is 4.74 Å². The summed E-state index contributed by atoms with van der Waals surface area (Å²) in [6.45, 7) is 5.03. The maximum Gasteiger partial charge on any atom is 0.179 e. The number of rotatable bonds is 4. The molecule has 1 aliphatic rings. The molecule has 0 radical (unpaired) electrons. The molecule has 3 heterocycles. The van der Waals surface area contributed by atoms with Gasteiger partial charge in [0.05, 0.1) is 30.8 Å². The SMILES string of the molecule is Cc1cn2nc(N3CCOCC3)cc(N=C(c3ccccc3)c3ccccc3)c2n1. The van der Waals surface area contributed by atoms with Gasteiger partial charge in [-0.25, -0.2) is 14.5 Å². The van der Waals surface area contributed by atoms with Crippen molar-refractivity contribution >= 4 is 22.9 Å². The van der Waals surface area contributed by atoms with Gasteiger partial charge in [-0.15, -0.1) is 5.10 Å². The normalized spacial score (nSPS) is 14.1. The molecule has 2 aromatic heterocycles. The number of hydrogen-bond donors (Lipinski definition) is 0. The number of benzene rings is 2. The number of anilines is 1. The molecule has 1 fully saturated rings. The van der Waals surface area contributed by atoms with E-state index in [1.54, 1.807) is 0 Å². The molecule has 0 saturated carbocycles. The standard InChI is InChI=1S/C24H23N5O/c1-18-17-29-24(25-18)21(16-22(27-29)28-12-14-30-15-13-28)26-23(19-8-4-2-5-9-19)20-10-6-3-7-11-20/h2-11,16-17H,12-15H2,1H3. The van der Waals surface area contributed by atoms with Crippen LogP contribution in [0.4, 0.5) is 11.5 Å². The van der Waals surface area contributed by atoms with Crippen LogP contribution in [0.25, 0.3) is 5.65 Å². The zero-order valence-electron chi connectivity index (χ0n) is 16.9. The van der Waals surface area contributed by atoms with Gasteiger partial charge in [0.2, 0.25) is 0 Å². The first-order valence-corrected chi connectivity index (χ1v) is 10.2. The molecular formula is C24H23N5O. The summed E-state index contributed by atoms with van der Waals surface area (Å²) in [4.78, 5) is 12.1. The molecule has 1 saturated heterocycles. The molecule has 0 aliphatic carbocycles. The Morgan fingerprint density at radius 2 is 1.57 bits per heavy atom. The highest BCUT2D eigenvalue weighted by molar-refractivity contribution is 6.14. The monoisotopic (exact) mass is 397 g/mol. The third kappa shape index (κ3) is 3.69. The highest BCUT2D eigenvalue weighted by Gasteiger charge is 2.17. The minimum atomic E-state index is 0.709. The summed E-state index contributed by atoms with van der Waals surface area (Å²) in [5.41, 5.74) is 5.53. The van der Waals surface area contributed by atoms with E-state index in [1.807, 2.05) is 60.1 Å². The number of imidazole rings is 1. The molecule has 2 aromatic carbocycles. The van der Waals surface area contributed by atoms with Crippen molar-refractivity contribution in [1.29, 1.82) is 0 Å². The first-order valence-electron chi connectivity index (χ1n) is 10.2. The van der Waals surface area contributed by atoms with Gasteiger partial charge < -0.3 is 9.64 Å². The summed E-state index contributed by atoms with van der Waals surface area (Å²) in [6, 6.07) is 22.6. The fraction of sp³-hybridized carbons (Fsp3) is 0.208. The van der Waals surface area contributed by atoms with Gasteiger partial charge in [0, 0.05) is 30.3 Å². The predicted molar refractivity (Wildman–Crippen MR) is 119 cm³/mol. The maximum atomic E-state index is 5.51. The second-order valence-corrected chi connectivity index (χ2v) is 7.33. The first kappa shape index (κ1) is 18.5. The average Bonchev–Trinajstić information content (AvgIpc) is 3.19. The molecule has 6 heteroatoms. The van der Waals surface area contributed by atoms with Gasteiger partial charge >= 0.3 is 0 Å². The highest BCUT2D eigenvalue weighted by atomic mass is 16.5. The van der Waals surface area contributed by atoms with Gasteiger partial charge in [0.15, 0.2) is 11.5 Å². The van der Waals surface area contributed by atoms with Crippen LogP contribution in [0.2, 0.25) is 0 Å². The summed E-state index contributed by atoms with van der Waals surface area (Å²) in [6.07, 6.45) is 1.95. The van der Waals surface area contributed by atoms with Crippen molar-refractivity contribution in [3.05, 3.63) is 89.7 Å². The molecule has 150 valence electrons. The average molecular weight is 397 g/mol. The molecule has 0 amide bonds. The van der Waals surface area contributed by atoms with Crippen molar-refractivity contribution in [2.75, 3.05) is 31.2 Å². The molecule has 0 bridgehead atoms. The number of aliphatic imine (C=N–C) groups is 1. The van der Waals surface area contributed by atoms with Gasteiger partial charge in [-0.2, -0.15) is 0 Å². The summed E-state index contributed by atoms with van der Waals surface area (Å²) in [5, 5.41) is 4.79. The van der Waals surface area contributed by atoms with E-state index >= 15 is 0 Å². The Balaban J connectivity index is 1.70. The second kappa shape index (κ2) is 8.08. The van der Waals surface area contributed by atoms with Crippen LogP contribution in [0.1, 0.15) is 16.8 Å². The fourth-order valence-corrected chi connectivity index (χ4v) is 3.70. The van der Waals surface area contributed by atoms with E-state index < -0.39 is 0 Å². The van der Waals surface area contributed by atoms with E-state index in [4.69, 9.17) is 14.8 Å². The van der Waals surface area contributed by atoms with Crippen LogP contribution < -0.4 is 4.90 Å². The van der Waals surface area contributed by atoms with E-state index in [2.05, 4.69) is 34.1 Å². The largest absolute Gasteiger partial charge is 0.378 e. The Labute approximate surface area is 175 Å². The Hall–Kier alpha value is -3.51. The number of ether oxygens (including phenoxy) is 1. The third-order valence-electron chi connectivity index (χ3n) is 5.18. The van der Waals surface area contributed by atoms with E-state index in [0.717, 1.165) is 52.8 Å². The van der Waals surface area contributed by atoms with Crippen LogP contribution in [0, 0.1) is 6.92 Å². The zero-order chi connectivity index (χ0) is 20.3. The Morgan fingerprint density at radius 1 is 0.933 bits per heavy atom. The predicted octanol–water partition coefficient (Wildman–Crippen LogP) is 4.04. The molecule has 6 nitrogen and oxygen atoms in total. The molecule has 0 unspecified atom stereocenters. The topological polar surface area (TPSA) is 55.0 Å². The van der Waals surface area contributed by atoms with E-state index in [0.29, 0.717) is 13.2 Å². The van der Waals surface area contributed by atoms with E-state index in [-0.39, 0.29) is 0 Å². The van der Waals surface area contributed by atoms with Crippen LogP contribution in [-0.2, 0) is 4.74 Å².